The molecule has 0 aliphatic rings. The Morgan fingerprint density at radius 1 is 1.47 bits per heavy atom. The van der Waals surface area contributed by atoms with Gasteiger partial charge in [0.2, 0.25) is 0 Å². The van der Waals surface area contributed by atoms with Crippen LogP contribution in [0.5, 0.6) is 0 Å². The van der Waals surface area contributed by atoms with Crippen molar-refractivity contribution in [2.75, 3.05) is 12.3 Å². The Hall–Kier alpha value is -2.01. The molecule has 0 aliphatic carbocycles. The first-order valence-corrected chi connectivity index (χ1v) is 6.26. The number of hydrogen-bond donors (Lipinski definition) is 2. The number of rotatable bonds is 4. The fraction of sp³-hybridized carbons (Fsp3) is 0.231. The normalized spacial score (nSPS) is 10.4. The zero-order valence-electron chi connectivity index (χ0n) is 10.6. The van der Waals surface area contributed by atoms with Crippen LogP contribution in [0.2, 0.25) is 5.02 Å². The molecule has 1 aromatic carbocycles. The summed E-state index contributed by atoms with van der Waals surface area (Å²) >= 11 is 5.81. The molecule has 0 radical (unpaired) electrons. The summed E-state index contributed by atoms with van der Waals surface area (Å²) in [4.78, 5) is 11.9. The highest BCUT2D eigenvalue weighted by Gasteiger charge is 2.07. The van der Waals surface area contributed by atoms with Gasteiger partial charge in [0.1, 0.15) is 0 Å². The molecule has 1 heterocycles. The first kappa shape index (κ1) is 13.4. The van der Waals surface area contributed by atoms with Gasteiger partial charge in [0.05, 0.1) is 10.7 Å². The van der Waals surface area contributed by atoms with E-state index in [2.05, 4.69) is 10.4 Å². The van der Waals surface area contributed by atoms with Crippen LogP contribution in [-0.2, 0) is 13.5 Å². The van der Waals surface area contributed by atoms with E-state index < -0.39 is 0 Å². The number of nitrogens with one attached hydrogen (secondary N) is 1. The Balaban J connectivity index is 1.91. The van der Waals surface area contributed by atoms with E-state index in [0.29, 0.717) is 22.8 Å². The quantitative estimate of drug-likeness (QED) is 0.835. The molecular weight excluding hydrogens is 264 g/mol. The first-order valence-electron chi connectivity index (χ1n) is 5.88. The Morgan fingerprint density at radius 2 is 2.26 bits per heavy atom. The second-order valence-electron chi connectivity index (χ2n) is 4.19. The molecule has 2 aromatic rings. The summed E-state index contributed by atoms with van der Waals surface area (Å²) < 4.78 is 1.78. The van der Waals surface area contributed by atoms with Crippen molar-refractivity contribution >= 4 is 23.2 Å². The molecule has 0 bridgehead atoms. The minimum Gasteiger partial charge on any atom is -0.398 e. The van der Waals surface area contributed by atoms with Gasteiger partial charge >= 0.3 is 0 Å². The van der Waals surface area contributed by atoms with E-state index in [1.807, 2.05) is 13.1 Å². The minimum atomic E-state index is -0.162. The average molecular weight is 279 g/mol. The maximum absolute atomic E-state index is 11.9. The van der Waals surface area contributed by atoms with Crippen LogP contribution in [0, 0.1) is 0 Å². The largest absolute Gasteiger partial charge is 0.398 e. The van der Waals surface area contributed by atoms with Crippen LogP contribution >= 0.6 is 11.6 Å². The van der Waals surface area contributed by atoms with Crippen LogP contribution in [0.15, 0.2) is 30.5 Å². The molecule has 0 saturated heterocycles. The van der Waals surface area contributed by atoms with Crippen molar-refractivity contribution in [2.45, 2.75) is 6.42 Å². The van der Waals surface area contributed by atoms with Gasteiger partial charge in [0.25, 0.3) is 5.91 Å². The number of aromatic nitrogens is 2. The van der Waals surface area contributed by atoms with Crippen LogP contribution < -0.4 is 11.1 Å². The second kappa shape index (κ2) is 5.75. The molecule has 0 spiro atoms. The van der Waals surface area contributed by atoms with Crippen LogP contribution in [0.1, 0.15) is 16.1 Å². The lowest BCUT2D eigenvalue weighted by Crippen LogP contribution is -2.26. The Labute approximate surface area is 116 Å². The Kier molecular flexibility index (Phi) is 4.06. The molecule has 0 atom stereocenters. The lowest BCUT2D eigenvalue weighted by atomic mass is 10.2. The summed E-state index contributed by atoms with van der Waals surface area (Å²) in [6.45, 7) is 0.543. The van der Waals surface area contributed by atoms with Gasteiger partial charge in [-0.25, -0.2) is 0 Å². The van der Waals surface area contributed by atoms with E-state index in [1.54, 1.807) is 29.1 Å². The van der Waals surface area contributed by atoms with Crippen molar-refractivity contribution in [2.24, 2.45) is 7.05 Å². The zero-order chi connectivity index (χ0) is 13.8. The number of nitrogen functional groups attached to an aromatic ring is 1. The van der Waals surface area contributed by atoms with Gasteiger partial charge in [0.15, 0.2) is 0 Å². The van der Waals surface area contributed by atoms with Crippen molar-refractivity contribution in [1.82, 2.24) is 15.1 Å². The molecule has 6 heteroatoms. The predicted octanol–water partition coefficient (Wildman–Crippen LogP) is 1.63. The number of anilines is 1. The summed E-state index contributed by atoms with van der Waals surface area (Å²) in [6.07, 6.45) is 2.46. The van der Waals surface area contributed by atoms with E-state index in [4.69, 9.17) is 17.3 Å². The van der Waals surface area contributed by atoms with Crippen LogP contribution in [0.3, 0.4) is 0 Å². The van der Waals surface area contributed by atoms with Gasteiger partial charge < -0.3 is 11.1 Å². The molecule has 0 unspecified atom stereocenters. The monoisotopic (exact) mass is 278 g/mol. The molecule has 0 fully saturated rings. The number of carbonyl (C=O) groups excluding carboxylic acids is 1. The number of amides is 1. The Bertz CT molecular complexity index is 594. The highest BCUT2D eigenvalue weighted by molar-refractivity contribution is 6.33. The van der Waals surface area contributed by atoms with Crippen LogP contribution in [0.4, 0.5) is 5.69 Å². The predicted molar refractivity (Wildman–Crippen MR) is 75.1 cm³/mol. The van der Waals surface area contributed by atoms with Crippen LogP contribution in [0.25, 0.3) is 0 Å². The summed E-state index contributed by atoms with van der Waals surface area (Å²) in [5.74, 6) is -0.162. The van der Waals surface area contributed by atoms with Crippen LogP contribution in [-0.4, -0.2) is 22.2 Å². The van der Waals surface area contributed by atoms with Crippen molar-refractivity contribution in [1.29, 1.82) is 0 Å². The van der Waals surface area contributed by atoms with E-state index in [0.717, 1.165) is 12.1 Å². The number of nitrogens with two attached hydrogens (primary N) is 1. The van der Waals surface area contributed by atoms with Crippen molar-refractivity contribution < 1.29 is 4.79 Å². The van der Waals surface area contributed by atoms with Gasteiger partial charge in [-0.1, -0.05) is 11.6 Å². The van der Waals surface area contributed by atoms with Gasteiger partial charge in [-0.15, -0.1) is 0 Å². The van der Waals surface area contributed by atoms with Crippen molar-refractivity contribution in [3.63, 3.8) is 0 Å². The fourth-order valence-electron chi connectivity index (χ4n) is 1.74. The average Bonchev–Trinajstić information content (AvgIpc) is 2.78. The topological polar surface area (TPSA) is 72.9 Å². The number of benzene rings is 1. The smallest absolute Gasteiger partial charge is 0.251 e. The molecule has 5 nitrogen and oxygen atoms in total. The van der Waals surface area contributed by atoms with Gasteiger partial charge in [-0.05, 0) is 24.3 Å². The third kappa shape index (κ3) is 3.26. The minimum absolute atomic E-state index is 0.162. The van der Waals surface area contributed by atoms with Gasteiger partial charge in [-0.3, -0.25) is 9.48 Å². The third-order valence-electron chi connectivity index (χ3n) is 2.85. The molecular formula is C13H15ClN4O. The summed E-state index contributed by atoms with van der Waals surface area (Å²) in [6, 6.07) is 6.76. The molecule has 19 heavy (non-hydrogen) atoms. The molecule has 100 valence electrons. The standard InChI is InChI=1S/C13H15ClN4O/c1-18-10(5-7-17-18)4-6-16-13(19)9-2-3-11(14)12(15)8-9/h2-3,5,7-8H,4,6,15H2,1H3,(H,16,19). The number of aryl methyl sites for hydroxylation is 1. The zero-order valence-corrected chi connectivity index (χ0v) is 11.3. The molecule has 1 aromatic heterocycles. The first-order chi connectivity index (χ1) is 9.08. The highest BCUT2D eigenvalue weighted by Crippen LogP contribution is 2.19. The number of carbonyl (C=O) groups is 1. The SMILES string of the molecule is Cn1nccc1CCNC(=O)c1ccc(Cl)c(N)c1. The van der Waals surface area contributed by atoms with Gasteiger partial charge in [-0.2, -0.15) is 5.10 Å². The van der Waals surface area contributed by atoms with E-state index in [9.17, 15) is 4.79 Å². The molecule has 0 aliphatic heterocycles. The third-order valence-corrected chi connectivity index (χ3v) is 3.19. The van der Waals surface area contributed by atoms with E-state index in [1.165, 1.54) is 0 Å². The number of hydrogen-bond acceptors (Lipinski definition) is 3. The second-order valence-corrected chi connectivity index (χ2v) is 4.60. The Morgan fingerprint density at radius 3 is 2.89 bits per heavy atom. The number of halogens is 1. The lowest BCUT2D eigenvalue weighted by Gasteiger charge is -2.07. The molecule has 0 saturated carbocycles. The van der Waals surface area contributed by atoms with Gasteiger partial charge in [0, 0.05) is 37.5 Å². The number of nitrogens with zero attached hydrogens (tertiary/aromatic N) is 2. The summed E-state index contributed by atoms with van der Waals surface area (Å²) in [5, 5.41) is 7.35. The lowest BCUT2D eigenvalue weighted by molar-refractivity contribution is 0.0954. The molecule has 1 amide bonds. The maximum atomic E-state index is 11.9. The maximum Gasteiger partial charge on any atom is 0.251 e. The summed E-state index contributed by atoms with van der Waals surface area (Å²) in [7, 11) is 1.87. The highest BCUT2D eigenvalue weighted by atomic mass is 35.5. The summed E-state index contributed by atoms with van der Waals surface area (Å²) in [5.41, 5.74) is 7.64. The molecule has 3 N–H and O–H groups in total. The van der Waals surface area contributed by atoms with Crippen molar-refractivity contribution in [3.05, 3.63) is 46.7 Å². The molecule has 2 rings (SSSR count). The van der Waals surface area contributed by atoms with E-state index in [-0.39, 0.29) is 5.91 Å². The fourth-order valence-corrected chi connectivity index (χ4v) is 1.86. The van der Waals surface area contributed by atoms with Crippen molar-refractivity contribution in [3.8, 4) is 0 Å². The van der Waals surface area contributed by atoms with E-state index >= 15 is 0 Å².